The largest absolute Gasteiger partial charge is 0.334 e. The van der Waals surface area contributed by atoms with Crippen molar-refractivity contribution in [1.82, 2.24) is 14.9 Å². The summed E-state index contributed by atoms with van der Waals surface area (Å²) in [5.74, 6) is 0.711. The maximum atomic E-state index is 7.57. The van der Waals surface area contributed by atoms with Gasteiger partial charge in [-0.25, -0.2) is 9.97 Å². The zero-order valence-corrected chi connectivity index (χ0v) is 9.95. The lowest BCUT2D eigenvalue weighted by molar-refractivity contribution is 0.239. The third-order valence-corrected chi connectivity index (χ3v) is 4.03. The summed E-state index contributed by atoms with van der Waals surface area (Å²) < 4.78 is 22.7. The van der Waals surface area contributed by atoms with Gasteiger partial charge in [0.05, 0.1) is 11.6 Å². The summed E-state index contributed by atoms with van der Waals surface area (Å²) in [6.45, 7) is -0.674. The second-order valence-corrected chi connectivity index (χ2v) is 5.00. The molecule has 0 amide bonds. The highest BCUT2D eigenvalue weighted by atomic mass is 15.4. The number of aromatic nitrogens is 2. The number of rotatable bonds is 1. The fourth-order valence-electron chi connectivity index (χ4n) is 2.95. The number of hydrogen-bond donors (Lipinski definition) is 0. The normalized spacial score (nSPS) is 30.4. The topological polar surface area (TPSA) is 32.3 Å². The van der Waals surface area contributed by atoms with Crippen LogP contribution in [0.25, 0.3) is 10.9 Å². The molecule has 92 valence electrons. The number of hydrogen-bond acceptors (Lipinski definition) is 4. The first-order valence-electron chi connectivity index (χ1n) is 7.79. The molecule has 0 aliphatic carbocycles. The molecule has 0 saturated carbocycles. The molecule has 2 aromatic rings. The van der Waals surface area contributed by atoms with Crippen molar-refractivity contribution < 1.29 is 4.11 Å². The molecule has 0 bridgehead atoms. The van der Waals surface area contributed by atoms with Crippen LogP contribution in [0.15, 0.2) is 30.5 Å². The summed E-state index contributed by atoms with van der Waals surface area (Å²) in [7, 11) is 0. The van der Waals surface area contributed by atoms with Crippen LogP contribution >= 0.6 is 0 Å². The zero-order chi connectivity index (χ0) is 14.6. The number of anilines is 1. The molecule has 0 N–H and O–H groups in total. The molecule has 18 heavy (non-hydrogen) atoms. The molecule has 4 nitrogen and oxygen atoms in total. The first-order chi connectivity index (χ1) is 10.0. The Hall–Kier alpha value is -1.68. The Labute approximate surface area is 110 Å². The Balaban J connectivity index is 1.59. The van der Waals surface area contributed by atoms with Crippen LogP contribution in [0.1, 0.15) is 10.5 Å². The molecule has 1 aromatic carbocycles. The van der Waals surface area contributed by atoms with Gasteiger partial charge in [0, 0.05) is 34.8 Å². The monoisotopic (exact) mass is 243 g/mol. The quantitative estimate of drug-likeness (QED) is 0.760. The van der Waals surface area contributed by atoms with Gasteiger partial charge in [0.2, 0.25) is 5.95 Å². The van der Waals surface area contributed by atoms with Crippen LogP contribution < -0.4 is 4.90 Å². The number of likely N-dealkylation sites (N-methyl/N-ethyl adjacent to an activating group) is 1. The predicted molar refractivity (Wildman–Crippen MR) is 71.7 cm³/mol. The van der Waals surface area contributed by atoms with E-state index in [0.29, 0.717) is 19.0 Å². The molecule has 4 heteroatoms. The van der Waals surface area contributed by atoms with Crippen LogP contribution in [0, 0.1) is 0 Å². The summed E-state index contributed by atoms with van der Waals surface area (Å²) >= 11 is 0. The van der Waals surface area contributed by atoms with E-state index < -0.39 is 6.98 Å². The lowest BCUT2D eigenvalue weighted by Gasteiger charge is -2.46. The molecule has 2 aliphatic heterocycles. The molecule has 3 heterocycles. The van der Waals surface area contributed by atoms with E-state index in [0.717, 1.165) is 17.3 Å². The summed E-state index contributed by atoms with van der Waals surface area (Å²) in [5.41, 5.74) is 0.927. The van der Waals surface area contributed by atoms with E-state index in [1.54, 1.807) is 4.90 Å². The zero-order valence-electron chi connectivity index (χ0n) is 13.0. The Bertz CT molecular complexity index is 687. The van der Waals surface area contributed by atoms with Crippen LogP contribution in [-0.4, -0.2) is 47.0 Å². The average molecular weight is 243 g/mol. The summed E-state index contributed by atoms with van der Waals surface area (Å²) in [4.78, 5) is 12.8. The molecule has 2 fully saturated rings. The lowest BCUT2D eigenvalue weighted by Crippen LogP contribution is -2.61. The molecular weight excluding hydrogens is 224 g/mol. The maximum Gasteiger partial charge on any atom is 0.226 e. The van der Waals surface area contributed by atoms with Crippen LogP contribution in [0.5, 0.6) is 0 Å². The van der Waals surface area contributed by atoms with Crippen molar-refractivity contribution >= 4 is 16.9 Å². The third kappa shape index (κ3) is 1.35. The number of nitrogens with zero attached hydrogens (tertiary/aromatic N) is 4. The number of benzene rings is 1. The summed E-state index contributed by atoms with van der Waals surface area (Å²) in [5, 5.41) is 1.02. The molecule has 2 aliphatic rings. The minimum Gasteiger partial charge on any atom is -0.334 e. The first-order valence-corrected chi connectivity index (χ1v) is 6.29. The van der Waals surface area contributed by atoms with Crippen molar-refractivity contribution in [2.24, 2.45) is 0 Å². The van der Waals surface area contributed by atoms with E-state index in [1.807, 2.05) is 30.5 Å². The average Bonchev–Trinajstić information content (AvgIpc) is 2.76. The van der Waals surface area contributed by atoms with Crippen molar-refractivity contribution in [1.29, 1.82) is 0 Å². The summed E-state index contributed by atoms with van der Waals surface area (Å²) in [6, 6.07) is 8.23. The Morgan fingerprint density at radius 1 is 1.33 bits per heavy atom. The minimum atomic E-state index is -1.99. The molecule has 2 saturated heterocycles. The standard InChI is InChI=1S/C14H16N4/c1-17-7-6-12-13(17)9-18(12)14-15-8-10-4-2-3-5-11(10)16-14/h2-5,8,12-13H,6-7,9H2,1H3/t12-,13-/m0/s1/i1D3. The van der Waals surface area contributed by atoms with Gasteiger partial charge in [-0.15, -0.1) is 0 Å². The smallest absolute Gasteiger partial charge is 0.226 e. The van der Waals surface area contributed by atoms with Gasteiger partial charge < -0.3 is 4.90 Å². The van der Waals surface area contributed by atoms with Crippen molar-refractivity contribution in [3.05, 3.63) is 30.5 Å². The van der Waals surface area contributed by atoms with Gasteiger partial charge >= 0.3 is 0 Å². The third-order valence-electron chi connectivity index (χ3n) is 4.03. The fourth-order valence-corrected chi connectivity index (χ4v) is 2.95. The van der Waals surface area contributed by atoms with Crippen LogP contribution in [0.4, 0.5) is 5.95 Å². The SMILES string of the molecule is [2H]C([2H])([2H])N1CC[C@H]2[C@@H]1CN2c1ncc2ccccc2n1. The van der Waals surface area contributed by atoms with Gasteiger partial charge in [0.1, 0.15) is 0 Å². The van der Waals surface area contributed by atoms with Gasteiger partial charge in [0.25, 0.3) is 0 Å². The van der Waals surface area contributed by atoms with Crippen LogP contribution in [0.3, 0.4) is 0 Å². The Morgan fingerprint density at radius 2 is 2.28 bits per heavy atom. The van der Waals surface area contributed by atoms with E-state index in [1.165, 1.54) is 0 Å². The van der Waals surface area contributed by atoms with E-state index in [9.17, 15) is 0 Å². The van der Waals surface area contributed by atoms with E-state index in [2.05, 4.69) is 14.9 Å². The highest BCUT2D eigenvalue weighted by Gasteiger charge is 2.46. The number of likely N-dealkylation sites (tertiary alicyclic amines) is 1. The van der Waals surface area contributed by atoms with Gasteiger partial charge in [-0.3, -0.25) is 4.90 Å². The van der Waals surface area contributed by atoms with Crippen molar-refractivity contribution in [2.75, 3.05) is 25.0 Å². The van der Waals surface area contributed by atoms with Crippen molar-refractivity contribution in [3.63, 3.8) is 0 Å². The molecule has 0 unspecified atom stereocenters. The molecule has 4 rings (SSSR count). The van der Waals surface area contributed by atoms with Gasteiger partial charge in [-0.1, -0.05) is 18.2 Å². The molecular formula is C14H16N4. The predicted octanol–water partition coefficient (Wildman–Crippen LogP) is 1.52. The lowest BCUT2D eigenvalue weighted by atomic mass is 9.98. The molecule has 1 aromatic heterocycles. The van der Waals surface area contributed by atoms with Gasteiger partial charge in [-0.05, 0) is 19.5 Å². The minimum absolute atomic E-state index is 0.104. The fraction of sp³-hybridized carbons (Fsp3) is 0.429. The van der Waals surface area contributed by atoms with Crippen LogP contribution in [-0.2, 0) is 0 Å². The van der Waals surface area contributed by atoms with Crippen molar-refractivity contribution in [3.8, 4) is 0 Å². The number of para-hydroxylation sites is 1. The first kappa shape index (κ1) is 7.69. The molecule has 0 radical (unpaired) electrons. The van der Waals surface area contributed by atoms with Crippen LogP contribution in [0.2, 0.25) is 0 Å². The van der Waals surface area contributed by atoms with Gasteiger partial charge in [0.15, 0.2) is 0 Å². The maximum absolute atomic E-state index is 7.57. The Morgan fingerprint density at radius 3 is 3.22 bits per heavy atom. The highest BCUT2D eigenvalue weighted by Crippen LogP contribution is 2.34. The summed E-state index contributed by atoms with van der Waals surface area (Å²) in [6.07, 6.45) is 2.70. The Kier molecular flexibility index (Phi) is 1.56. The highest BCUT2D eigenvalue weighted by molar-refractivity contribution is 5.78. The molecule has 2 atom stereocenters. The second-order valence-electron chi connectivity index (χ2n) is 5.00. The number of fused-ring (bicyclic) bond motifs is 2. The van der Waals surface area contributed by atoms with Gasteiger partial charge in [-0.2, -0.15) is 0 Å². The van der Waals surface area contributed by atoms with E-state index in [4.69, 9.17) is 4.11 Å². The second kappa shape index (κ2) is 3.65. The molecule has 0 spiro atoms. The van der Waals surface area contributed by atoms with E-state index >= 15 is 0 Å². The van der Waals surface area contributed by atoms with E-state index in [-0.39, 0.29) is 12.1 Å². The van der Waals surface area contributed by atoms with Crippen molar-refractivity contribution in [2.45, 2.75) is 18.5 Å².